The number of ether oxygens (including phenoxy) is 1. The van der Waals surface area contributed by atoms with Crippen LogP contribution in [0.15, 0.2) is 72.8 Å². The molecule has 3 N–H and O–H groups in total. The number of rotatable bonds is 12. The number of hydrogen-bond acceptors (Lipinski definition) is 6. The Hall–Kier alpha value is -3.89. The van der Waals surface area contributed by atoms with E-state index < -0.39 is 28.1 Å². The Morgan fingerprint density at radius 3 is 2.21 bits per heavy atom. The lowest BCUT2D eigenvalue weighted by atomic mass is 9.93. The van der Waals surface area contributed by atoms with E-state index in [2.05, 4.69) is 0 Å². The number of nitrogens with zero attached hydrogens (tertiary/aromatic N) is 1. The third-order valence-electron chi connectivity index (χ3n) is 5.92. The zero-order valence-electron chi connectivity index (χ0n) is 22.2. The van der Waals surface area contributed by atoms with Gasteiger partial charge in [-0.25, -0.2) is 17.9 Å². The Morgan fingerprint density at radius 1 is 0.974 bits per heavy atom. The minimum Gasteiger partial charge on any atom is -0.492 e. The molecule has 0 aliphatic heterocycles. The van der Waals surface area contributed by atoms with E-state index in [1.165, 1.54) is 0 Å². The standard InChI is InChI=1S/C29H34N2O7S/c1-20(2)17-24-18-23(11-14-26(24)28(33)30-39(3,36)37)21-9-12-25(13-10-21)38-16-15-31(29(34)35)19-27(32)22-7-5-4-6-8-22/h4-14,18,20,27,32H,15-17,19H2,1-3H3,(H,30,33)(H,34,35)/t27-/m1/s1. The minimum atomic E-state index is -3.68. The minimum absolute atomic E-state index is 0.0709. The van der Waals surface area contributed by atoms with Gasteiger partial charge in [-0.2, -0.15) is 0 Å². The number of aliphatic hydroxyl groups excluding tert-OH is 1. The molecule has 0 aromatic heterocycles. The van der Waals surface area contributed by atoms with Crippen LogP contribution >= 0.6 is 0 Å². The Labute approximate surface area is 229 Å². The van der Waals surface area contributed by atoms with Gasteiger partial charge in [0.25, 0.3) is 5.91 Å². The van der Waals surface area contributed by atoms with Crippen molar-refractivity contribution in [3.63, 3.8) is 0 Å². The second-order valence-electron chi connectivity index (χ2n) is 9.70. The summed E-state index contributed by atoms with van der Waals surface area (Å²) in [6.45, 7) is 4.15. The first-order valence-corrected chi connectivity index (χ1v) is 14.4. The molecule has 0 aliphatic carbocycles. The Balaban J connectivity index is 1.65. The molecular weight excluding hydrogens is 520 g/mol. The molecule has 0 saturated heterocycles. The highest BCUT2D eigenvalue weighted by Crippen LogP contribution is 2.26. The molecule has 0 fully saturated rings. The average molecular weight is 555 g/mol. The summed E-state index contributed by atoms with van der Waals surface area (Å²) in [6, 6.07) is 21.4. The lowest BCUT2D eigenvalue weighted by Gasteiger charge is -2.22. The number of nitrogens with one attached hydrogen (secondary N) is 1. The van der Waals surface area contributed by atoms with Gasteiger partial charge in [-0.05, 0) is 52.8 Å². The van der Waals surface area contributed by atoms with Gasteiger partial charge in [0.1, 0.15) is 12.4 Å². The van der Waals surface area contributed by atoms with Crippen LogP contribution in [0.5, 0.6) is 5.75 Å². The van der Waals surface area contributed by atoms with E-state index in [1.54, 1.807) is 48.5 Å². The van der Waals surface area contributed by atoms with Gasteiger partial charge in [-0.3, -0.25) is 4.79 Å². The van der Waals surface area contributed by atoms with Gasteiger partial charge in [0, 0.05) is 5.56 Å². The Bertz CT molecular complexity index is 1370. The van der Waals surface area contributed by atoms with E-state index in [0.29, 0.717) is 23.3 Å². The maximum Gasteiger partial charge on any atom is 0.407 e. The molecule has 1 atom stereocenters. The number of aliphatic hydroxyl groups is 1. The molecule has 3 rings (SSSR count). The van der Waals surface area contributed by atoms with Crippen molar-refractivity contribution >= 4 is 22.0 Å². The number of amides is 2. The first-order valence-electron chi connectivity index (χ1n) is 12.5. The zero-order chi connectivity index (χ0) is 28.6. The fourth-order valence-electron chi connectivity index (χ4n) is 4.10. The van der Waals surface area contributed by atoms with Crippen molar-refractivity contribution in [1.29, 1.82) is 0 Å². The summed E-state index contributed by atoms with van der Waals surface area (Å²) in [5, 5.41) is 19.9. The second-order valence-corrected chi connectivity index (χ2v) is 11.4. The van der Waals surface area contributed by atoms with E-state index in [4.69, 9.17) is 4.74 Å². The number of carbonyl (C=O) groups excluding carboxylic acids is 1. The average Bonchev–Trinajstić information content (AvgIpc) is 2.87. The smallest absolute Gasteiger partial charge is 0.407 e. The Morgan fingerprint density at radius 2 is 1.62 bits per heavy atom. The normalized spacial score (nSPS) is 12.1. The van der Waals surface area contributed by atoms with Crippen LogP contribution < -0.4 is 9.46 Å². The van der Waals surface area contributed by atoms with Gasteiger partial charge in [0.05, 0.1) is 25.4 Å². The van der Waals surface area contributed by atoms with Gasteiger partial charge in [-0.1, -0.05) is 68.4 Å². The molecule has 0 heterocycles. The number of benzene rings is 3. The van der Waals surface area contributed by atoms with Gasteiger partial charge >= 0.3 is 6.09 Å². The summed E-state index contributed by atoms with van der Waals surface area (Å²) in [5.41, 5.74) is 3.44. The molecular formula is C29H34N2O7S. The molecule has 10 heteroatoms. The van der Waals surface area contributed by atoms with Crippen LogP contribution in [-0.2, 0) is 16.4 Å². The molecule has 208 valence electrons. The number of carboxylic acid groups (broad SMARTS) is 1. The fraction of sp³-hybridized carbons (Fsp3) is 0.310. The van der Waals surface area contributed by atoms with Crippen molar-refractivity contribution in [3.05, 3.63) is 89.5 Å². The van der Waals surface area contributed by atoms with E-state index in [0.717, 1.165) is 27.8 Å². The number of carbonyl (C=O) groups is 2. The third kappa shape index (κ3) is 9.12. The van der Waals surface area contributed by atoms with Crippen molar-refractivity contribution in [2.75, 3.05) is 26.0 Å². The van der Waals surface area contributed by atoms with Crippen LogP contribution in [0.4, 0.5) is 4.79 Å². The monoisotopic (exact) mass is 554 g/mol. The number of hydrogen-bond donors (Lipinski definition) is 3. The predicted octanol–water partition coefficient (Wildman–Crippen LogP) is 4.33. The highest BCUT2D eigenvalue weighted by atomic mass is 32.2. The molecule has 39 heavy (non-hydrogen) atoms. The molecule has 3 aromatic carbocycles. The molecule has 0 spiro atoms. The van der Waals surface area contributed by atoms with Crippen molar-refractivity contribution < 1.29 is 33.0 Å². The summed E-state index contributed by atoms with van der Waals surface area (Å²) >= 11 is 0. The van der Waals surface area contributed by atoms with Gasteiger partial charge < -0.3 is 19.8 Å². The molecule has 0 bridgehead atoms. The van der Waals surface area contributed by atoms with E-state index >= 15 is 0 Å². The Kier molecular flexibility index (Phi) is 10.1. The van der Waals surface area contributed by atoms with Crippen LogP contribution in [0.2, 0.25) is 0 Å². The first kappa shape index (κ1) is 29.7. The molecule has 0 saturated carbocycles. The van der Waals surface area contributed by atoms with Crippen LogP contribution in [0.1, 0.15) is 41.4 Å². The molecule has 2 amide bonds. The van der Waals surface area contributed by atoms with Crippen molar-refractivity contribution in [2.24, 2.45) is 5.92 Å². The highest BCUT2D eigenvalue weighted by molar-refractivity contribution is 7.89. The lowest BCUT2D eigenvalue weighted by molar-refractivity contribution is 0.0894. The van der Waals surface area contributed by atoms with Crippen molar-refractivity contribution in [3.8, 4) is 16.9 Å². The second kappa shape index (κ2) is 13.3. The summed E-state index contributed by atoms with van der Waals surface area (Å²) < 4.78 is 30.8. The predicted molar refractivity (Wildman–Crippen MR) is 149 cm³/mol. The van der Waals surface area contributed by atoms with Gasteiger partial charge in [0.15, 0.2) is 0 Å². The first-order chi connectivity index (χ1) is 18.4. The van der Waals surface area contributed by atoms with Crippen LogP contribution in [0.3, 0.4) is 0 Å². The SMILES string of the molecule is CC(C)Cc1cc(-c2ccc(OCCN(C[C@@H](O)c3ccccc3)C(=O)O)cc2)ccc1C(=O)NS(C)(=O)=O. The summed E-state index contributed by atoms with van der Waals surface area (Å²) in [7, 11) is -3.68. The molecule has 0 unspecified atom stereocenters. The van der Waals surface area contributed by atoms with Gasteiger partial charge in [0.2, 0.25) is 10.0 Å². The molecule has 0 radical (unpaired) electrons. The van der Waals surface area contributed by atoms with Gasteiger partial charge in [-0.15, -0.1) is 0 Å². The lowest BCUT2D eigenvalue weighted by Crippen LogP contribution is -2.36. The van der Waals surface area contributed by atoms with Crippen LogP contribution in [-0.4, -0.2) is 61.5 Å². The van der Waals surface area contributed by atoms with E-state index in [9.17, 15) is 28.2 Å². The van der Waals surface area contributed by atoms with Crippen molar-refractivity contribution in [1.82, 2.24) is 9.62 Å². The highest BCUT2D eigenvalue weighted by Gasteiger charge is 2.19. The van der Waals surface area contributed by atoms with Crippen LogP contribution in [0, 0.1) is 5.92 Å². The summed E-state index contributed by atoms with van der Waals surface area (Å²) in [4.78, 5) is 25.3. The maximum absolute atomic E-state index is 12.5. The van der Waals surface area contributed by atoms with Crippen LogP contribution in [0.25, 0.3) is 11.1 Å². The topological polar surface area (TPSA) is 133 Å². The fourth-order valence-corrected chi connectivity index (χ4v) is 4.55. The third-order valence-corrected chi connectivity index (χ3v) is 6.48. The van der Waals surface area contributed by atoms with E-state index in [1.807, 2.05) is 42.8 Å². The quantitative estimate of drug-likeness (QED) is 0.303. The van der Waals surface area contributed by atoms with E-state index in [-0.39, 0.29) is 25.6 Å². The summed E-state index contributed by atoms with van der Waals surface area (Å²) in [6.07, 6.45) is -0.542. The molecule has 0 aliphatic rings. The maximum atomic E-state index is 12.5. The molecule has 3 aromatic rings. The largest absolute Gasteiger partial charge is 0.492 e. The number of sulfonamides is 1. The summed E-state index contributed by atoms with van der Waals surface area (Å²) in [5.74, 6) is 0.148. The molecule has 9 nitrogen and oxygen atoms in total. The van der Waals surface area contributed by atoms with Crippen molar-refractivity contribution in [2.45, 2.75) is 26.4 Å². The zero-order valence-corrected chi connectivity index (χ0v) is 23.0.